The van der Waals surface area contributed by atoms with Crippen molar-refractivity contribution < 1.29 is 13.6 Å². The molecule has 2 aromatic heterocycles. The van der Waals surface area contributed by atoms with Gasteiger partial charge in [0.2, 0.25) is 5.95 Å². The van der Waals surface area contributed by atoms with Crippen LogP contribution in [0.1, 0.15) is 38.8 Å². The molecule has 2 aliphatic heterocycles. The van der Waals surface area contributed by atoms with Gasteiger partial charge in [-0.05, 0) is 44.7 Å². The third-order valence-electron chi connectivity index (χ3n) is 6.91. The van der Waals surface area contributed by atoms with Gasteiger partial charge in [0.1, 0.15) is 17.3 Å². The molecule has 2 aliphatic rings. The summed E-state index contributed by atoms with van der Waals surface area (Å²) in [6, 6.07) is 6.75. The zero-order valence-electron chi connectivity index (χ0n) is 23.3. The number of benzene rings is 1. The molecule has 0 spiro atoms. The lowest BCUT2D eigenvalue weighted by molar-refractivity contribution is -0.117. The third kappa shape index (κ3) is 6.75. The number of Topliss-reactive ketones (excluding diaryl/α,β-unsaturated/α-hetero) is 1. The maximum Gasteiger partial charge on any atom is 0.229 e. The summed E-state index contributed by atoms with van der Waals surface area (Å²) in [4.78, 5) is 31.5. The molecule has 0 aliphatic carbocycles. The second-order valence-electron chi connectivity index (χ2n) is 10.0. The number of piperazine rings is 1. The number of rotatable bonds is 6. The van der Waals surface area contributed by atoms with E-state index in [1.54, 1.807) is 6.07 Å². The molecule has 39 heavy (non-hydrogen) atoms. The number of ketones is 1. The normalized spacial score (nSPS) is 16.1. The van der Waals surface area contributed by atoms with Crippen LogP contribution < -0.4 is 10.2 Å². The molecule has 0 radical (unpaired) electrons. The van der Waals surface area contributed by atoms with E-state index in [9.17, 15) is 9.18 Å². The Morgan fingerprint density at radius 1 is 1.00 bits per heavy atom. The highest BCUT2D eigenvalue weighted by Crippen LogP contribution is 2.35. The smallest absolute Gasteiger partial charge is 0.229 e. The lowest BCUT2D eigenvalue weighted by Gasteiger charge is -2.34. The average molecular weight is 538 g/mol. The monoisotopic (exact) mass is 537 g/mol. The Morgan fingerprint density at radius 3 is 2.41 bits per heavy atom. The Morgan fingerprint density at radius 2 is 1.74 bits per heavy atom. The number of aromatic nitrogens is 3. The van der Waals surface area contributed by atoms with Crippen LogP contribution in [-0.4, -0.2) is 76.3 Å². The van der Waals surface area contributed by atoms with E-state index >= 15 is 4.39 Å². The minimum absolute atomic E-state index is 0.0181. The largest absolute Gasteiger partial charge is 0.361 e. The van der Waals surface area contributed by atoms with Crippen LogP contribution in [0, 0.1) is 11.6 Å². The molecule has 0 unspecified atom stereocenters. The highest BCUT2D eigenvalue weighted by Gasteiger charge is 2.28. The van der Waals surface area contributed by atoms with E-state index in [-0.39, 0.29) is 42.0 Å². The van der Waals surface area contributed by atoms with Crippen molar-refractivity contribution in [2.45, 2.75) is 46.7 Å². The van der Waals surface area contributed by atoms with Gasteiger partial charge in [-0.2, -0.15) is 0 Å². The predicted molar refractivity (Wildman–Crippen MR) is 150 cm³/mol. The number of hydrogen-bond donors (Lipinski definition) is 1. The van der Waals surface area contributed by atoms with Gasteiger partial charge in [-0.1, -0.05) is 19.9 Å². The molecule has 1 fully saturated rings. The van der Waals surface area contributed by atoms with Crippen LogP contribution in [0.4, 0.5) is 26.2 Å². The van der Waals surface area contributed by atoms with E-state index in [4.69, 9.17) is 0 Å². The standard InChI is InChI=1S/C27H31F2N7O.C2H6/c1-17(2)36-16-20(37)12-21-22(28)10-19(11-24(21)36)26-23(29)14-31-27(33-26)32-25-5-4-18(13-30-25)15-35-8-6-34(3)7-9-35;1-2/h4-5,10-11,13-14,17H,6-9,12,15-16H2,1-3H3,(H,30,31,32,33);1-2H3. The lowest BCUT2D eigenvalue weighted by atomic mass is 9.96. The van der Waals surface area contributed by atoms with Crippen molar-refractivity contribution in [1.29, 1.82) is 0 Å². The van der Waals surface area contributed by atoms with Crippen molar-refractivity contribution in [2.24, 2.45) is 0 Å². The topological polar surface area (TPSA) is 77.5 Å². The van der Waals surface area contributed by atoms with Crippen molar-refractivity contribution in [3.05, 3.63) is 59.4 Å². The second kappa shape index (κ2) is 12.6. The molecular formula is C29H37F2N7O. The van der Waals surface area contributed by atoms with Gasteiger partial charge in [0.25, 0.3) is 0 Å². The fourth-order valence-electron chi connectivity index (χ4n) is 4.78. The summed E-state index contributed by atoms with van der Waals surface area (Å²) in [7, 11) is 2.13. The van der Waals surface area contributed by atoms with Gasteiger partial charge < -0.3 is 15.1 Å². The predicted octanol–water partition coefficient (Wildman–Crippen LogP) is 4.67. The Kier molecular flexibility index (Phi) is 9.19. The van der Waals surface area contributed by atoms with E-state index in [1.807, 2.05) is 50.9 Å². The molecule has 10 heteroatoms. The number of pyridine rings is 1. The number of carbonyl (C=O) groups is 1. The molecule has 4 heterocycles. The molecule has 0 bridgehead atoms. The molecule has 1 N–H and O–H groups in total. The minimum atomic E-state index is -0.664. The fourth-order valence-corrected chi connectivity index (χ4v) is 4.78. The number of fused-ring (bicyclic) bond motifs is 1. The zero-order valence-corrected chi connectivity index (χ0v) is 23.3. The summed E-state index contributed by atoms with van der Waals surface area (Å²) in [6.45, 7) is 13.1. The van der Waals surface area contributed by atoms with Crippen LogP contribution in [0.15, 0.2) is 36.7 Å². The van der Waals surface area contributed by atoms with Crippen molar-refractivity contribution in [2.75, 3.05) is 50.0 Å². The van der Waals surface area contributed by atoms with Crippen molar-refractivity contribution in [3.8, 4) is 11.3 Å². The summed E-state index contributed by atoms with van der Waals surface area (Å²) < 4.78 is 29.9. The molecule has 1 saturated heterocycles. The number of nitrogens with zero attached hydrogens (tertiary/aromatic N) is 6. The highest BCUT2D eigenvalue weighted by atomic mass is 19.1. The van der Waals surface area contributed by atoms with Gasteiger partial charge >= 0.3 is 0 Å². The van der Waals surface area contributed by atoms with Gasteiger partial charge in [0.05, 0.1) is 12.7 Å². The second-order valence-corrected chi connectivity index (χ2v) is 10.0. The summed E-state index contributed by atoms with van der Waals surface area (Å²) in [5, 5.41) is 3.02. The Hall–Kier alpha value is -3.50. The van der Waals surface area contributed by atoms with Crippen LogP contribution in [0.25, 0.3) is 11.3 Å². The van der Waals surface area contributed by atoms with Crippen LogP contribution in [0.3, 0.4) is 0 Å². The quantitative estimate of drug-likeness (QED) is 0.486. The van der Waals surface area contributed by atoms with Crippen LogP contribution in [-0.2, 0) is 17.8 Å². The maximum absolute atomic E-state index is 15.1. The number of nitrogens with one attached hydrogen (secondary N) is 1. The molecule has 5 rings (SSSR count). The van der Waals surface area contributed by atoms with Crippen LogP contribution >= 0.6 is 0 Å². The van der Waals surface area contributed by atoms with E-state index in [2.05, 4.69) is 37.1 Å². The Bertz CT molecular complexity index is 1290. The molecule has 0 atom stereocenters. The van der Waals surface area contributed by atoms with E-state index in [1.165, 1.54) is 6.07 Å². The van der Waals surface area contributed by atoms with Gasteiger partial charge in [0.15, 0.2) is 11.6 Å². The highest BCUT2D eigenvalue weighted by molar-refractivity contribution is 5.91. The van der Waals surface area contributed by atoms with Crippen molar-refractivity contribution >= 4 is 23.2 Å². The molecular weight excluding hydrogens is 500 g/mol. The first-order valence-corrected chi connectivity index (χ1v) is 13.5. The number of hydrogen-bond acceptors (Lipinski definition) is 8. The van der Waals surface area contributed by atoms with Crippen LogP contribution in [0.2, 0.25) is 0 Å². The summed E-state index contributed by atoms with van der Waals surface area (Å²) >= 11 is 0. The number of carbonyl (C=O) groups excluding carboxylic acids is 1. The number of likely N-dealkylation sites (N-methyl/N-ethyl adjacent to an activating group) is 1. The van der Waals surface area contributed by atoms with E-state index in [0.717, 1.165) is 44.5 Å². The molecule has 8 nitrogen and oxygen atoms in total. The lowest BCUT2D eigenvalue weighted by Crippen LogP contribution is -2.43. The van der Waals surface area contributed by atoms with E-state index in [0.29, 0.717) is 17.1 Å². The van der Waals surface area contributed by atoms with Gasteiger partial charge in [-0.3, -0.25) is 9.69 Å². The first kappa shape index (κ1) is 28.5. The van der Waals surface area contributed by atoms with Crippen molar-refractivity contribution in [1.82, 2.24) is 24.8 Å². The summed E-state index contributed by atoms with van der Waals surface area (Å²) in [5.41, 5.74) is 2.30. The fraction of sp³-hybridized carbons (Fsp3) is 0.448. The maximum atomic E-state index is 15.1. The average Bonchev–Trinajstić information content (AvgIpc) is 2.93. The summed E-state index contributed by atoms with van der Waals surface area (Å²) in [6.07, 6.45) is 2.90. The van der Waals surface area contributed by atoms with Gasteiger partial charge in [-0.25, -0.2) is 23.7 Å². The molecule has 0 saturated carbocycles. The number of halogens is 2. The molecule has 0 amide bonds. The van der Waals surface area contributed by atoms with E-state index < -0.39 is 11.6 Å². The first-order valence-electron chi connectivity index (χ1n) is 13.5. The zero-order chi connectivity index (χ0) is 28.1. The van der Waals surface area contributed by atoms with Crippen molar-refractivity contribution in [3.63, 3.8) is 0 Å². The summed E-state index contributed by atoms with van der Waals surface area (Å²) in [5.74, 6) is -0.570. The molecule has 3 aromatic rings. The van der Waals surface area contributed by atoms with Gasteiger partial charge in [-0.15, -0.1) is 0 Å². The Balaban J connectivity index is 0.00000172. The first-order chi connectivity index (χ1) is 18.8. The third-order valence-corrected chi connectivity index (χ3v) is 6.91. The van der Waals surface area contributed by atoms with Gasteiger partial charge in [0, 0.05) is 68.2 Å². The molecule has 208 valence electrons. The number of anilines is 3. The van der Waals surface area contributed by atoms with Crippen LogP contribution in [0.5, 0.6) is 0 Å². The molecule has 1 aromatic carbocycles. The SMILES string of the molecule is CC.CC(C)N1CC(=O)Cc2c(F)cc(-c3nc(Nc4ccc(CN5CCN(C)CC5)cn4)ncc3F)cc21. The minimum Gasteiger partial charge on any atom is -0.361 e. The Labute approximate surface area is 229 Å².